The average molecular weight is 213 g/mol. The molecule has 1 fully saturated rings. The Morgan fingerprint density at radius 2 is 2.36 bits per heavy atom. The van der Waals surface area contributed by atoms with Crippen LogP contribution in [0.5, 0.6) is 0 Å². The minimum absolute atomic E-state index is 0.609. The lowest BCUT2D eigenvalue weighted by Gasteiger charge is -2.06. The smallest absolute Gasteiger partial charge is 0.0536 e. The summed E-state index contributed by atoms with van der Waals surface area (Å²) in [7, 11) is 0. The number of hydrogen-bond acceptors (Lipinski definition) is 1. The van der Waals surface area contributed by atoms with Crippen molar-refractivity contribution in [1.29, 1.82) is 0 Å². The lowest BCUT2D eigenvalue weighted by molar-refractivity contribution is 0.548. The highest BCUT2D eigenvalue weighted by molar-refractivity contribution is 6.17. The molecule has 0 unspecified atom stereocenters. The molecule has 1 aliphatic rings. The van der Waals surface area contributed by atoms with Crippen molar-refractivity contribution in [3.8, 4) is 0 Å². The van der Waals surface area contributed by atoms with Crippen molar-refractivity contribution in [3.63, 3.8) is 0 Å². The van der Waals surface area contributed by atoms with Crippen LogP contribution in [0.4, 0.5) is 0 Å². The molecule has 0 saturated heterocycles. The van der Waals surface area contributed by atoms with Gasteiger partial charge in [0, 0.05) is 23.7 Å². The molecule has 1 aromatic rings. The van der Waals surface area contributed by atoms with Crippen LogP contribution < -0.4 is 0 Å². The summed E-state index contributed by atoms with van der Waals surface area (Å²) in [5, 5.41) is 4.42. The molecule has 0 atom stereocenters. The van der Waals surface area contributed by atoms with Crippen LogP contribution in [0, 0.1) is 0 Å². The fourth-order valence-electron chi connectivity index (χ4n) is 1.85. The Kier molecular flexibility index (Phi) is 3.12. The Morgan fingerprint density at radius 1 is 1.57 bits per heavy atom. The van der Waals surface area contributed by atoms with Gasteiger partial charge < -0.3 is 0 Å². The Hall–Kier alpha value is -0.500. The molecule has 78 valence electrons. The van der Waals surface area contributed by atoms with Gasteiger partial charge in [0.25, 0.3) is 0 Å². The van der Waals surface area contributed by atoms with E-state index in [1.54, 1.807) is 0 Å². The summed E-state index contributed by atoms with van der Waals surface area (Å²) in [6, 6.07) is 0. The van der Waals surface area contributed by atoms with Crippen LogP contribution in [-0.2, 0) is 12.4 Å². The summed E-state index contributed by atoms with van der Waals surface area (Å²) >= 11 is 5.90. The van der Waals surface area contributed by atoms with Crippen molar-refractivity contribution >= 4 is 11.6 Å². The van der Waals surface area contributed by atoms with Crippen molar-refractivity contribution < 1.29 is 0 Å². The van der Waals surface area contributed by atoms with E-state index >= 15 is 0 Å². The summed E-state index contributed by atoms with van der Waals surface area (Å²) in [5.74, 6) is 1.36. The second kappa shape index (κ2) is 4.35. The van der Waals surface area contributed by atoms with Crippen LogP contribution in [0.1, 0.15) is 49.8 Å². The van der Waals surface area contributed by atoms with E-state index in [1.165, 1.54) is 36.9 Å². The van der Waals surface area contributed by atoms with E-state index in [0.717, 1.165) is 12.5 Å². The van der Waals surface area contributed by atoms with Gasteiger partial charge in [0.05, 0.1) is 12.1 Å². The quantitative estimate of drug-likeness (QED) is 0.685. The van der Waals surface area contributed by atoms with Gasteiger partial charge in [-0.25, -0.2) is 0 Å². The SMILES string of the molecule is CCCCn1ncc(CCl)c1C1CC1. The first-order chi connectivity index (χ1) is 6.86. The minimum Gasteiger partial charge on any atom is -0.269 e. The van der Waals surface area contributed by atoms with Crippen molar-refractivity contribution in [1.82, 2.24) is 9.78 Å². The standard InChI is InChI=1S/C11H17ClN2/c1-2-3-6-14-11(9-4-5-9)10(7-12)8-13-14/h8-9H,2-7H2,1H3. The van der Waals surface area contributed by atoms with Crippen LogP contribution in [0.15, 0.2) is 6.20 Å². The monoisotopic (exact) mass is 212 g/mol. The maximum absolute atomic E-state index is 5.90. The fraction of sp³-hybridized carbons (Fsp3) is 0.727. The number of rotatable bonds is 5. The molecule has 1 aromatic heterocycles. The predicted octanol–water partition coefficient (Wildman–Crippen LogP) is 3.30. The second-order valence-electron chi connectivity index (χ2n) is 4.04. The van der Waals surface area contributed by atoms with Gasteiger partial charge in [0.1, 0.15) is 0 Å². The number of aromatic nitrogens is 2. The number of hydrogen-bond donors (Lipinski definition) is 0. The zero-order valence-corrected chi connectivity index (χ0v) is 9.43. The largest absolute Gasteiger partial charge is 0.269 e. The number of unbranched alkanes of at least 4 members (excludes halogenated alkanes) is 1. The molecule has 2 rings (SSSR count). The summed E-state index contributed by atoms with van der Waals surface area (Å²) in [6.45, 7) is 3.27. The first-order valence-electron chi connectivity index (χ1n) is 5.47. The van der Waals surface area contributed by atoms with Gasteiger partial charge in [0.2, 0.25) is 0 Å². The van der Waals surface area contributed by atoms with Crippen molar-refractivity contribution in [2.24, 2.45) is 0 Å². The molecule has 1 saturated carbocycles. The third kappa shape index (κ3) is 1.95. The maximum Gasteiger partial charge on any atom is 0.0536 e. The van der Waals surface area contributed by atoms with Crippen molar-refractivity contribution in [3.05, 3.63) is 17.5 Å². The number of alkyl halides is 1. The van der Waals surface area contributed by atoms with E-state index in [2.05, 4.69) is 16.7 Å². The Balaban J connectivity index is 2.16. The third-order valence-corrected chi connectivity index (χ3v) is 3.08. The average Bonchev–Trinajstić information content (AvgIpc) is 2.96. The molecular weight excluding hydrogens is 196 g/mol. The van der Waals surface area contributed by atoms with Gasteiger partial charge in [-0.3, -0.25) is 4.68 Å². The van der Waals surface area contributed by atoms with Gasteiger partial charge in [-0.05, 0) is 19.3 Å². The van der Waals surface area contributed by atoms with Crippen LogP contribution in [-0.4, -0.2) is 9.78 Å². The normalized spacial score (nSPS) is 16.1. The summed E-state index contributed by atoms with van der Waals surface area (Å²) in [4.78, 5) is 0. The van der Waals surface area contributed by atoms with Crippen LogP contribution in [0.25, 0.3) is 0 Å². The highest BCUT2D eigenvalue weighted by Crippen LogP contribution is 2.42. The summed E-state index contributed by atoms with van der Waals surface area (Å²) < 4.78 is 2.17. The van der Waals surface area contributed by atoms with Gasteiger partial charge >= 0.3 is 0 Å². The minimum atomic E-state index is 0.609. The molecule has 1 heterocycles. The van der Waals surface area contributed by atoms with Crippen molar-refractivity contribution in [2.45, 2.75) is 50.9 Å². The molecule has 3 heteroatoms. The van der Waals surface area contributed by atoms with Gasteiger partial charge in [-0.15, -0.1) is 11.6 Å². The Morgan fingerprint density at radius 3 is 2.93 bits per heavy atom. The predicted molar refractivity (Wildman–Crippen MR) is 58.7 cm³/mol. The van der Waals surface area contributed by atoms with E-state index in [9.17, 15) is 0 Å². The van der Waals surface area contributed by atoms with E-state index in [4.69, 9.17) is 11.6 Å². The zero-order chi connectivity index (χ0) is 9.97. The molecule has 0 aromatic carbocycles. The number of nitrogens with zero attached hydrogens (tertiary/aromatic N) is 2. The molecule has 1 aliphatic carbocycles. The molecule has 0 bridgehead atoms. The van der Waals surface area contributed by atoms with Gasteiger partial charge in [-0.1, -0.05) is 13.3 Å². The molecular formula is C11H17ClN2. The van der Waals surface area contributed by atoms with Crippen LogP contribution >= 0.6 is 11.6 Å². The van der Waals surface area contributed by atoms with Gasteiger partial charge in [0.15, 0.2) is 0 Å². The lowest BCUT2D eigenvalue weighted by atomic mass is 10.2. The summed E-state index contributed by atoms with van der Waals surface area (Å²) in [6.07, 6.45) is 7.02. The van der Waals surface area contributed by atoms with Gasteiger partial charge in [-0.2, -0.15) is 5.10 Å². The molecule has 0 spiro atoms. The zero-order valence-electron chi connectivity index (χ0n) is 8.67. The van der Waals surface area contributed by atoms with Crippen molar-refractivity contribution in [2.75, 3.05) is 0 Å². The molecule has 0 N–H and O–H groups in total. The molecule has 2 nitrogen and oxygen atoms in total. The van der Waals surface area contributed by atoms with Crippen LogP contribution in [0.3, 0.4) is 0 Å². The van der Waals surface area contributed by atoms with E-state index in [-0.39, 0.29) is 0 Å². The molecule has 14 heavy (non-hydrogen) atoms. The fourth-order valence-corrected chi connectivity index (χ4v) is 2.06. The Labute approximate surface area is 90.3 Å². The highest BCUT2D eigenvalue weighted by Gasteiger charge is 2.29. The summed E-state index contributed by atoms with van der Waals surface area (Å²) in [5.41, 5.74) is 2.65. The second-order valence-corrected chi connectivity index (χ2v) is 4.31. The Bertz CT molecular complexity index is 302. The topological polar surface area (TPSA) is 17.8 Å². The van der Waals surface area contributed by atoms with E-state index in [1.807, 2.05) is 6.20 Å². The van der Waals surface area contributed by atoms with Crippen LogP contribution in [0.2, 0.25) is 0 Å². The lowest BCUT2D eigenvalue weighted by Crippen LogP contribution is -2.04. The first kappa shape index (κ1) is 10.0. The number of halogens is 1. The number of aryl methyl sites for hydroxylation is 1. The molecule has 0 aliphatic heterocycles. The first-order valence-corrected chi connectivity index (χ1v) is 6.00. The highest BCUT2D eigenvalue weighted by atomic mass is 35.5. The van der Waals surface area contributed by atoms with E-state index < -0.39 is 0 Å². The molecule has 0 amide bonds. The van der Waals surface area contributed by atoms with E-state index in [0.29, 0.717) is 5.88 Å². The third-order valence-electron chi connectivity index (χ3n) is 2.79. The molecule has 0 radical (unpaired) electrons. The maximum atomic E-state index is 5.90.